The van der Waals surface area contributed by atoms with Crippen LogP contribution >= 0.6 is 0 Å². The molecule has 0 radical (unpaired) electrons. The highest BCUT2D eigenvalue weighted by molar-refractivity contribution is 6.34. The Bertz CT molecular complexity index is 2840. The van der Waals surface area contributed by atoms with Gasteiger partial charge in [0.2, 0.25) is 0 Å². The summed E-state index contributed by atoms with van der Waals surface area (Å²) in [5.74, 6) is 0. The number of hydrogen-bond acceptors (Lipinski definition) is 2. The van der Waals surface area contributed by atoms with E-state index in [1.54, 1.807) is 0 Å². The van der Waals surface area contributed by atoms with Gasteiger partial charge in [0.15, 0.2) is 0 Å². The van der Waals surface area contributed by atoms with Crippen LogP contribution in [0.3, 0.4) is 0 Å². The number of anilines is 4. The third-order valence-corrected chi connectivity index (χ3v) is 10.7. The highest BCUT2D eigenvalue weighted by Crippen LogP contribution is 2.43. The minimum atomic E-state index is 0.775. The van der Waals surface area contributed by atoms with Crippen molar-refractivity contribution in [1.29, 1.82) is 0 Å². The minimum absolute atomic E-state index is 0.775. The molecular weight excluding hydrogens is 629 g/mol. The molecule has 0 atom stereocenters. The van der Waals surface area contributed by atoms with E-state index in [0.717, 1.165) is 23.6 Å². The molecule has 0 fully saturated rings. The Kier molecular flexibility index (Phi) is 7.14. The molecular formula is C50H36N2. The number of benzene rings is 10. The normalized spacial score (nSPS) is 11.6. The minimum Gasteiger partial charge on any atom is -0.370 e. The predicted molar refractivity (Wildman–Crippen MR) is 224 cm³/mol. The van der Waals surface area contributed by atoms with E-state index in [1.165, 1.54) is 76.2 Å². The van der Waals surface area contributed by atoms with Crippen molar-refractivity contribution in [3.8, 4) is 11.1 Å². The summed E-state index contributed by atoms with van der Waals surface area (Å²) in [7, 11) is 2.22. The summed E-state index contributed by atoms with van der Waals surface area (Å²) in [4.78, 5) is 4.78. The van der Waals surface area contributed by atoms with E-state index >= 15 is 0 Å². The van der Waals surface area contributed by atoms with Crippen LogP contribution in [-0.4, -0.2) is 7.05 Å². The Morgan fingerprint density at radius 3 is 1.73 bits per heavy atom. The summed E-state index contributed by atoms with van der Waals surface area (Å²) in [6.45, 7) is 0.775. The van der Waals surface area contributed by atoms with Crippen molar-refractivity contribution in [2.24, 2.45) is 0 Å². The summed E-state index contributed by atoms with van der Waals surface area (Å²) < 4.78 is 0. The van der Waals surface area contributed by atoms with E-state index in [4.69, 9.17) is 0 Å². The van der Waals surface area contributed by atoms with E-state index < -0.39 is 0 Å². The Balaban J connectivity index is 1.05. The van der Waals surface area contributed by atoms with Gasteiger partial charge in [-0.15, -0.1) is 0 Å². The van der Waals surface area contributed by atoms with Crippen LogP contribution in [0, 0.1) is 0 Å². The van der Waals surface area contributed by atoms with Gasteiger partial charge < -0.3 is 9.80 Å². The topological polar surface area (TPSA) is 6.48 Å². The van der Waals surface area contributed by atoms with Crippen molar-refractivity contribution in [3.05, 3.63) is 194 Å². The van der Waals surface area contributed by atoms with E-state index in [0.29, 0.717) is 0 Å². The van der Waals surface area contributed by atoms with Gasteiger partial charge in [0.25, 0.3) is 0 Å². The second-order valence-corrected chi connectivity index (χ2v) is 13.9. The van der Waals surface area contributed by atoms with Crippen molar-refractivity contribution in [3.63, 3.8) is 0 Å². The molecule has 0 unspecified atom stereocenters. The number of fused-ring (bicyclic) bond motifs is 3. The van der Waals surface area contributed by atoms with Crippen LogP contribution in [0.5, 0.6) is 0 Å². The van der Waals surface area contributed by atoms with Gasteiger partial charge in [0, 0.05) is 41.7 Å². The summed E-state index contributed by atoms with van der Waals surface area (Å²) in [6, 6.07) is 68.7. The maximum absolute atomic E-state index is 2.40. The first-order valence-corrected chi connectivity index (χ1v) is 18.0. The zero-order valence-corrected chi connectivity index (χ0v) is 29.0. The number of rotatable bonds is 7. The molecule has 0 saturated carbocycles. The van der Waals surface area contributed by atoms with Crippen LogP contribution in [0.15, 0.2) is 188 Å². The number of hydrogen-bond donors (Lipinski definition) is 0. The fourth-order valence-electron chi connectivity index (χ4n) is 8.31. The third kappa shape index (κ3) is 5.03. The lowest BCUT2D eigenvalue weighted by Gasteiger charge is -2.27. The molecule has 0 bridgehead atoms. The molecule has 0 N–H and O–H groups in total. The van der Waals surface area contributed by atoms with Crippen LogP contribution in [0.2, 0.25) is 0 Å². The van der Waals surface area contributed by atoms with E-state index in [9.17, 15) is 0 Å². The summed E-state index contributed by atoms with van der Waals surface area (Å²) in [5.41, 5.74) is 8.31. The average Bonchev–Trinajstić information content (AvgIpc) is 3.20. The van der Waals surface area contributed by atoms with Gasteiger partial charge in [-0.05, 0) is 108 Å². The first-order valence-electron chi connectivity index (χ1n) is 18.0. The van der Waals surface area contributed by atoms with E-state index in [1.807, 2.05) is 0 Å². The van der Waals surface area contributed by atoms with Gasteiger partial charge in [-0.25, -0.2) is 0 Å². The molecule has 0 saturated heterocycles. The van der Waals surface area contributed by atoms with Gasteiger partial charge in [-0.2, -0.15) is 0 Å². The van der Waals surface area contributed by atoms with E-state index in [2.05, 4.69) is 205 Å². The quantitative estimate of drug-likeness (QED) is 0.124. The van der Waals surface area contributed by atoms with Crippen molar-refractivity contribution < 1.29 is 0 Å². The number of nitrogens with zero attached hydrogens (tertiary/aromatic N) is 2. The second kappa shape index (κ2) is 12.3. The van der Waals surface area contributed by atoms with Crippen molar-refractivity contribution >= 4 is 76.6 Å². The van der Waals surface area contributed by atoms with Gasteiger partial charge in [-0.1, -0.05) is 146 Å². The van der Waals surface area contributed by atoms with Crippen molar-refractivity contribution in [1.82, 2.24) is 0 Å². The van der Waals surface area contributed by atoms with Crippen LogP contribution in [0.25, 0.3) is 65.0 Å². The molecule has 2 heteroatoms. The standard InChI is InChI=1S/C50H36N2/c1-51(48-30-29-46-44-20-9-17-38-16-8-19-43(49(38)44)45-21-10-22-47(48)50(45)46)33-34-11-7-18-41(31-34)52(42-28-25-36-14-5-6-15-39(36)32-42)40-26-23-37(24-27-40)35-12-3-2-4-13-35/h2-32H,33H2,1H3. The third-order valence-electron chi connectivity index (χ3n) is 10.7. The Labute approximate surface area is 303 Å². The molecule has 10 aromatic carbocycles. The maximum atomic E-state index is 2.40. The van der Waals surface area contributed by atoms with Crippen LogP contribution < -0.4 is 9.80 Å². The largest absolute Gasteiger partial charge is 0.370 e. The van der Waals surface area contributed by atoms with Gasteiger partial charge >= 0.3 is 0 Å². The smallest absolute Gasteiger partial charge is 0.0468 e. The first kappa shape index (κ1) is 30.2. The van der Waals surface area contributed by atoms with E-state index in [-0.39, 0.29) is 0 Å². The summed E-state index contributed by atoms with van der Waals surface area (Å²) in [6.07, 6.45) is 0. The zero-order chi connectivity index (χ0) is 34.6. The molecule has 246 valence electrons. The molecule has 0 aromatic heterocycles. The highest BCUT2D eigenvalue weighted by atomic mass is 15.1. The molecule has 10 aromatic rings. The van der Waals surface area contributed by atoms with Crippen LogP contribution in [0.1, 0.15) is 5.56 Å². The zero-order valence-electron chi connectivity index (χ0n) is 29.0. The molecule has 0 amide bonds. The summed E-state index contributed by atoms with van der Waals surface area (Å²) in [5, 5.41) is 13.0. The maximum Gasteiger partial charge on any atom is 0.0468 e. The molecule has 0 spiro atoms. The molecule has 52 heavy (non-hydrogen) atoms. The second-order valence-electron chi connectivity index (χ2n) is 13.9. The van der Waals surface area contributed by atoms with Gasteiger partial charge in [-0.3, -0.25) is 0 Å². The Morgan fingerprint density at radius 2 is 0.942 bits per heavy atom. The fraction of sp³-hybridized carbons (Fsp3) is 0.0400. The molecule has 10 rings (SSSR count). The lowest BCUT2D eigenvalue weighted by Crippen LogP contribution is -2.17. The molecule has 0 aliphatic rings. The fourth-order valence-corrected chi connectivity index (χ4v) is 8.31. The van der Waals surface area contributed by atoms with Crippen molar-refractivity contribution in [2.45, 2.75) is 6.54 Å². The average molecular weight is 665 g/mol. The molecule has 0 aliphatic carbocycles. The monoisotopic (exact) mass is 664 g/mol. The summed E-state index contributed by atoms with van der Waals surface area (Å²) >= 11 is 0. The first-order chi connectivity index (χ1) is 25.7. The lowest BCUT2D eigenvalue weighted by molar-refractivity contribution is 0.928. The van der Waals surface area contributed by atoms with Gasteiger partial charge in [0.05, 0.1) is 0 Å². The van der Waals surface area contributed by atoms with Crippen LogP contribution in [0.4, 0.5) is 22.7 Å². The van der Waals surface area contributed by atoms with Crippen molar-refractivity contribution in [2.75, 3.05) is 16.8 Å². The molecule has 0 heterocycles. The molecule has 2 nitrogen and oxygen atoms in total. The lowest BCUT2D eigenvalue weighted by atomic mass is 9.89. The molecule has 0 aliphatic heterocycles. The predicted octanol–water partition coefficient (Wildman–Crippen LogP) is 13.7. The van der Waals surface area contributed by atoms with Gasteiger partial charge in [0.1, 0.15) is 0 Å². The Hall–Kier alpha value is -6.64. The Morgan fingerprint density at radius 1 is 0.365 bits per heavy atom. The van der Waals surface area contributed by atoms with Crippen LogP contribution in [-0.2, 0) is 6.54 Å². The highest BCUT2D eigenvalue weighted by Gasteiger charge is 2.18. The SMILES string of the molecule is CN(Cc1cccc(N(c2ccc(-c3ccccc3)cc2)c2ccc3ccccc3c2)c1)c1ccc2c3cccc4cccc(c5cccc1c52)c43.